The van der Waals surface area contributed by atoms with Gasteiger partial charge in [-0.2, -0.15) is 4.31 Å². The smallest absolute Gasteiger partial charge is 0.258 e. The fraction of sp³-hybridized carbons (Fsp3) is 0.391. The van der Waals surface area contributed by atoms with Crippen LogP contribution in [0.3, 0.4) is 0 Å². The fourth-order valence-corrected chi connectivity index (χ4v) is 6.52. The average molecular weight is 494 g/mol. The van der Waals surface area contributed by atoms with Gasteiger partial charge in [-0.3, -0.25) is 9.59 Å². The van der Waals surface area contributed by atoms with Crippen molar-refractivity contribution < 1.29 is 27.1 Å². The number of pyridine rings is 1. The molecule has 1 aromatic carbocycles. The molecule has 2 N–H and O–H groups in total. The molecule has 3 heterocycles. The van der Waals surface area contributed by atoms with Crippen molar-refractivity contribution in [1.82, 2.24) is 14.2 Å². The Morgan fingerprint density at radius 1 is 1.24 bits per heavy atom. The highest BCUT2D eigenvalue weighted by Crippen LogP contribution is 2.49. The number of halogens is 2. The van der Waals surface area contributed by atoms with E-state index in [9.17, 15) is 31.9 Å². The van der Waals surface area contributed by atoms with Crippen LogP contribution in [0.4, 0.5) is 8.78 Å². The molecule has 11 heteroatoms. The fourth-order valence-electron chi connectivity index (χ4n) is 5.15. The molecule has 4 rings (SSSR count). The molecule has 0 unspecified atom stereocenters. The summed E-state index contributed by atoms with van der Waals surface area (Å²) in [6.45, 7) is 1.09. The lowest BCUT2D eigenvalue weighted by atomic mass is 9.86. The zero-order chi connectivity index (χ0) is 24.8. The minimum atomic E-state index is -3.81. The van der Waals surface area contributed by atoms with Gasteiger partial charge in [0.25, 0.3) is 5.56 Å². The molecule has 4 atom stereocenters. The van der Waals surface area contributed by atoms with Crippen molar-refractivity contribution in [1.29, 1.82) is 0 Å². The summed E-state index contributed by atoms with van der Waals surface area (Å²) in [6, 6.07) is 4.26. The number of hydrogen-bond acceptors (Lipinski definition) is 5. The first-order valence-electron chi connectivity index (χ1n) is 10.7. The van der Waals surface area contributed by atoms with E-state index in [0.29, 0.717) is 17.3 Å². The van der Waals surface area contributed by atoms with Crippen LogP contribution in [0.25, 0.3) is 6.08 Å². The predicted molar refractivity (Wildman–Crippen MR) is 121 cm³/mol. The number of amides is 1. The van der Waals surface area contributed by atoms with Crippen molar-refractivity contribution in [2.75, 3.05) is 12.9 Å². The largest absolute Gasteiger partial charge is 0.396 e. The number of aromatic nitrogens is 1. The number of aliphatic hydroxyl groups excluding tert-OH is 1. The van der Waals surface area contributed by atoms with Crippen molar-refractivity contribution in [3.05, 3.63) is 75.2 Å². The molecule has 1 aromatic heterocycles. The molecule has 0 spiro atoms. The molecule has 8 nitrogen and oxygen atoms in total. The van der Waals surface area contributed by atoms with E-state index >= 15 is 0 Å². The first kappa shape index (κ1) is 24.2. The number of fused-ring (bicyclic) bond motifs is 4. The molecular weight excluding hydrogens is 468 g/mol. The van der Waals surface area contributed by atoms with Crippen LogP contribution in [0.15, 0.2) is 41.2 Å². The number of sulfonamides is 1. The van der Waals surface area contributed by atoms with Gasteiger partial charge < -0.3 is 15.0 Å². The lowest BCUT2D eigenvalue weighted by Gasteiger charge is -2.36. The highest BCUT2D eigenvalue weighted by Gasteiger charge is 2.58. The van der Waals surface area contributed by atoms with Gasteiger partial charge in [0.05, 0.1) is 18.2 Å². The minimum Gasteiger partial charge on any atom is -0.396 e. The topological polar surface area (TPSA) is 109 Å². The molecule has 2 aliphatic heterocycles. The molecule has 0 saturated carbocycles. The summed E-state index contributed by atoms with van der Waals surface area (Å²) in [5.41, 5.74) is 0.660. The zero-order valence-corrected chi connectivity index (χ0v) is 19.4. The first-order chi connectivity index (χ1) is 16.1. The van der Waals surface area contributed by atoms with Gasteiger partial charge in [0, 0.05) is 49.0 Å². The average Bonchev–Trinajstić information content (AvgIpc) is 3.01. The molecule has 1 fully saturated rings. The van der Waals surface area contributed by atoms with Crippen LogP contribution in [-0.2, 0) is 27.9 Å². The van der Waals surface area contributed by atoms with Crippen molar-refractivity contribution in [3.63, 3.8) is 0 Å². The maximum Gasteiger partial charge on any atom is 0.258 e. The third kappa shape index (κ3) is 4.19. The van der Waals surface area contributed by atoms with E-state index < -0.39 is 58.1 Å². The molecule has 1 amide bonds. The van der Waals surface area contributed by atoms with E-state index in [1.165, 1.54) is 8.87 Å². The normalized spacial score (nSPS) is 24.4. The number of aliphatic hydroxyl groups is 1. The van der Waals surface area contributed by atoms with Crippen molar-refractivity contribution in [2.24, 2.45) is 11.8 Å². The summed E-state index contributed by atoms with van der Waals surface area (Å²) in [4.78, 5) is 26.3. The minimum absolute atomic E-state index is 0.00670. The van der Waals surface area contributed by atoms with Crippen LogP contribution in [0, 0.1) is 23.5 Å². The molecule has 2 aromatic rings. The lowest BCUT2D eigenvalue weighted by molar-refractivity contribution is -0.127. The molecule has 2 aliphatic rings. The summed E-state index contributed by atoms with van der Waals surface area (Å²) in [5.74, 6) is -3.95. The first-order valence-corrected chi connectivity index (χ1v) is 12.6. The summed E-state index contributed by atoms with van der Waals surface area (Å²) in [6.07, 6.45) is 4.39. The number of nitrogens with one attached hydrogen (secondary N) is 1. The summed E-state index contributed by atoms with van der Waals surface area (Å²) >= 11 is 0. The quantitative estimate of drug-likeness (QED) is 0.633. The summed E-state index contributed by atoms with van der Waals surface area (Å²) in [5, 5.41) is 12.8. The van der Waals surface area contributed by atoms with E-state index in [0.717, 1.165) is 18.4 Å². The number of carbonyl (C=O) groups excluding carboxylic acids is 1. The van der Waals surface area contributed by atoms with Gasteiger partial charge in [0.2, 0.25) is 15.9 Å². The van der Waals surface area contributed by atoms with E-state index in [1.807, 2.05) is 0 Å². The van der Waals surface area contributed by atoms with E-state index in [4.69, 9.17) is 0 Å². The Hall–Kier alpha value is -2.89. The van der Waals surface area contributed by atoms with Gasteiger partial charge in [-0.1, -0.05) is 12.2 Å². The highest BCUT2D eigenvalue weighted by molar-refractivity contribution is 7.88. The molecule has 0 radical (unpaired) electrons. The summed E-state index contributed by atoms with van der Waals surface area (Å²) < 4.78 is 55.2. The van der Waals surface area contributed by atoms with E-state index in [1.54, 1.807) is 31.2 Å². The van der Waals surface area contributed by atoms with Crippen LogP contribution in [0.2, 0.25) is 0 Å². The lowest BCUT2D eigenvalue weighted by Crippen LogP contribution is -2.48. The van der Waals surface area contributed by atoms with Gasteiger partial charge in [0.1, 0.15) is 11.6 Å². The van der Waals surface area contributed by atoms with Gasteiger partial charge in [-0.25, -0.2) is 17.2 Å². The zero-order valence-electron chi connectivity index (χ0n) is 18.6. The second kappa shape index (κ2) is 9.05. The van der Waals surface area contributed by atoms with Gasteiger partial charge in [-0.15, -0.1) is 0 Å². The Labute approximate surface area is 195 Å². The monoisotopic (exact) mass is 493 g/mol. The summed E-state index contributed by atoms with van der Waals surface area (Å²) in [7, 11) is -3.81. The van der Waals surface area contributed by atoms with Crippen molar-refractivity contribution in [2.45, 2.75) is 32.1 Å². The molecule has 182 valence electrons. The second-order valence-corrected chi connectivity index (χ2v) is 10.5. The molecule has 1 saturated heterocycles. The maximum atomic E-state index is 13.5. The number of rotatable bonds is 6. The van der Waals surface area contributed by atoms with Crippen LogP contribution in [0.1, 0.15) is 29.8 Å². The number of carbonyl (C=O) groups is 1. The van der Waals surface area contributed by atoms with Crippen LogP contribution in [-0.4, -0.2) is 47.2 Å². The van der Waals surface area contributed by atoms with Gasteiger partial charge in [-0.05, 0) is 36.8 Å². The van der Waals surface area contributed by atoms with Gasteiger partial charge >= 0.3 is 0 Å². The Bertz CT molecular complexity index is 1300. The van der Waals surface area contributed by atoms with Gasteiger partial charge in [0.15, 0.2) is 0 Å². The van der Waals surface area contributed by atoms with E-state index in [2.05, 4.69) is 5.32 Å². The maximum absolute atomic E-state index is 13.5. The third-order valence-electron chi connectivity index (χ3n) is 6.44. The number of benzene rings is 1. The van der Waals surface area contributed by atoms with Crippen LogP contribution < -0.4 is 10.9 Å². The standard InChI is InChI=1S/C23H25F2N3O5S/c1-3-4-14-5-6-18-21-20(22(30)26-10-13-7-15(24)9-16(25)8-13)17(12-29)19(11-27(18)23(14)31)28(21)34(2,32)33/h3-9,17,19-21,29H,10-12H2,1-2H3,(H,26,30)/t17-,19-,20+,21+/m1/s1. The predicted octanol–water partition coefficient (Wildman–Crippen LogP) is 1.40. The molecule has 34 heavy (non-hydrogen) atoms. The molecule has 2 bridgehead atoms. The van der Waals surface area contributed by atoms with Crippen LogP contribution >= 0.6 is 0 Å². The SMILES string of the molecule is CC=Cc1ccc2n(c1=O)C[C@@H]1[C@@H](CO)[C@H](C(=O)NCc3cc(F)cc(F)c3)[C@H]2N1S(C)(=O)=O. The number of hydrogen-bond donors (Lipinski definition) is 2. The second-order valence-electron chi connectivity index (χ2n) is 8.60. The third-order valence-corrected chi connectivity index (χ3v) is 7.70. The Morgan fingerprint density at radius 2 is 1.91 bits per heavy atom. The highest BCUT2D eigenvalue weighted by atomic mass is 32.2. The van der Waals surface area contributed by atoms with Crippen LogP contribution in [0.5, 0.6) is 0 Å². The number of allylic oxidation sites excluding steroid dienone is 1. The van der Waals surface area contributed by atoms with Crippen molar-refractivity contribution in [3.8, 4) is 0 Å². The molecule has 0 aliphatic carbocycles. The van der Waals surface area contributed by atoms with E-state index in [-0.39, 0.29) is 24.2 Å². The number of nitrogens with zero attached hydrogens (tertiary/aromatic N) is 2. The Morgan fingerprint density at radius 3 is 2.50 bits per heavy atom. The van der Waals surface area contributed by atoms with Crippen molar-refractivity contribution >= 4 is 22.0 Å². The Balaban J connectivity index is 1.75. The molecular formula is C23H25F2N3O5S. The Kier molecular flexibility index (Phi) is 6.45.